The Bertz CT molecular complexity index is 535. The Balaban J connectivity index is 2.86. The van der Waals surface area contributed by atoms with Crippen molar-refractivity contribution in [1.29, 1.82) is 0 Å². The van der Waals surface area contributed by atoms with Gasteiger partial charge < -0.3 is 10.6 Å². The molecule has 0 atom stereocenters. The zero-order valence-electron chi connectivity index (χ0n) is 10.5. The predicted octanol–water partition coefficient (Wildman–Crippen LogP) is 0.271. The standard InChI is InChI=1S/C11H17N3O3S/c1-11(2,13-3)10(15)14-8-4-6-9(7-5-8)18(12,16)17/h4-7,13H,1-3H3,(H,14,15)(H2,12,16,17). The first-order valence-electron chi connectivity index (χ1n) is 5.30. The monoisotopic (exact) mass is 271 g/mol. The van der Waals surface area contributed by atoms with Crippen LogP contribution in [0.25, 0.3) is 0 Å². The lowest BCUT2D eigenvalue weighted by Crippen LogP contribution is -2.47. The molecule has 1 aromatic rings. The van der Waals surface area contributed by atoms with Gasteiger partial charge in [0.15, 0.2) is 0 Å². The Morgan fingerprint density at radius 3 is 2.11 bits per heavy atom. The lowest BCUT2D eigenvalue weighted by molar-refractivity contribution is -0.121. The zero-order valence-corrected chi connectivity index (χ0v) is 11.3. The third kappa shape index (κ3) is 3.52. The second-order valence-electron chi connectivity index (χ2n) is 4.40. The second kappa shape index (κ2) is 5.05. The molecule has 0 heterocycles. The average Bonchev–Trinajstić information content (AvgIpc) is 2.28. The fourth-order valence-corrected chi connectivity index (χ4v) is 1.64. The van der Waals surface area contributed by atoms with Crippen LogP contribution in [0.4, 0.5) is 5.69 Å². The van der Waals surface area contributed by atoms with E-state index in [4.69, 9.17) is 5.14 Å². The Labute approximate surface area is 107 Å². The summed E-state index contributed by atoms with van der Waals surface area (Å²) in [5.41, 5.74) is -0.200. The molecule has 1 rings (SSSR count). The number of hydrogen-bond acceptors (Lipinski definition) is 4. The Morgan fingerprint density at radius 1 is 1.22 bits per heavy atom. The lowest BCUT2D eigenvalue weighted by Gasteiger charge is -2.22. The number of primary sulfonamides is 1. The smallest absolute Gasteiger partial charge is 0.244 e. The second-order valence-corrected chi connectivity index (χ2v) is 5.96. The van der Waals surface area contributed by atoms with Crippen LogP contribution in [0.2, 0.25) is 0 Å². The van der Waals surface area contributed by atoms with Gasteiger partial charge in [0, 0.05) is 5.69 Å². The highest BCUT2D eigenvalue weighted by atomic mass is 32.2. The van der Waals surface area contributed by atoms with Crippen molar-refractivity contribution in [2.45, 2.75) is 24.3 Å². The molecule has 0 aliphatic heterocycles. The minimum absolute atomic E-state index is 0.00776. The minimum Gasteiger partial charge on any atom is -0.325 e. The number of nitrogens with one attached hydrogen (secondary N) is 2. The molecule has 0 saturated heterocycles. The molecule has 6 nitrogen and oxygen atoms in total. The number of nitrogens with two attached hydrogens (primary N) is 1. The molecule has 0 aromatic heterocycles. The van der Waals surface area contributed by atoms with Crippen LogP contribution in [0.15, 0.2) is 29.2 Å². The summed E-state index contributed by atoms with van der Waals surface area (Å²) in [5, 5.41) is 10.5. The van der Waals surface area contributed by atoms with Crippen molar-refractivity contribution < 1.29 is 13.2 Å². The normalized spacial score (nSPS) is 12.2. The zero-order chi connectivity index (χ0) is 14.0. The van der Waals surface area contributed by atoms with Crippen molar-refractivity contribution >= 4 is 21.6 Å². The van der Waals surface area contributed by atoms with Gasteiger partial charge in [0.1, 0.15) is 0 Å². The lowest BCUT2D eigenvalue weighted by atomic mass is 10.1. The summed E-state index contributed by atoms with van der Waals surface area (Å²) in [5.74, 6) is -0.214. The third-order valence-corrected chi connectivity index (χ3v) is 3.56. The van der Waals surface area contributed by atoms with Gasteiger partial charge in [-0.3, -0.25) is 4.79 Å². The number of likely N-dealkylation sites (N-methyl/N-ethyl adjacent to an activating group) is 1. The minimum atomic E-state index is -3.71. The van der Waals surface area contributed by atoms with E-state index in [1.54, 1.807) is 20.9 Å². The summed E-state index contributed by atoms with van der Waals surface area (Å²) in [4.78, 5) is 11.8. The van der Waals surface area contributed by atoms with Crippen molar-refractivity contribution in [1.82, 2.24) is 5.32 Å². The summed E-state index contributed by atoms with van der Waals surface area (Å²) in [6.45, 7) is 3.47. The van der Waals surface area contributed by atoms with Crippen molar-refractivity contribution in [3.63, 3.8) is 0 Å². The summed E-state index contributed by atoms with van der Waals surface area (Å²) in [7, 11) is -2.02. The molecule has 1 amide bonds. The van der Waals surface area contributed by atoms with Crippen LogP contribution >= 0.6 is 0 Å². The number of benzene rings is 1. The van der Waals surface area contributed by atoms with Gasteiger partial charge in [-0.25, -0.2) is 13.6 Å². The van der Waals surface area contributed by atoms with Crippen LogP contribution in [0.5, 0.6) is 0 Å². The fourth-order valence-electron chi connectivity index (χ4n) is 1.13. The first-order chi connectivity index (χ1) is 8.16. The molecule has 18 heavy (non-hydrogen) atoms. The molecule has 4 N–H and O–H groups in total. The van der Waals surface area contributed by atoms with Crippen molar-refractivity contribution in [2.24, 2.45) is 5.14 Å². The molecular formula is C11H17N3O3S. The summed E-state index contributed by atoms with van der Waals surface area (Å²) < 4.78 is 22.1. The number of anilines is 1. The number of carbonyl (C=O) groups excluding carboxylic acids is 1. The van der Waals surface area contributed by atoms with E-state index in [1.807, 2.05) is 0 Å². The van der Waals surface area contributed by atoms with E-state index in [1.165, 1.54) is 24.3 Å². The van der Waals surface area contributed by atoms with Crippen LogP contribution in [-0.4, -0.2) is 26.9 Å². The van der Waals surface area contributed by atoms with E-state index >= 15 is 0 Å². The maximum Gasteiger partial charge on any atom is 0.244 e. The van der Waals surface area contributed by atoms with Crippen molar-refractivity contribution in [2.75, 3.05) is 12.4 Å². The molecule has 0 aliphatic rings. The van der Waals surface area contributed by atoms with Crippen molar-refractivity contribution in [3.8, 4) is 0 Å². The van der Waals surface area contributed by atoms with Crippen LogP contribution < -0.4 is 15.8 Å². The van der Waals surface area contributed by atoms with Crippen LogP contribution in [0.1, 0.15) is 13.8 Å². The fraction of sp³-hybridized carbons (Fsp3) is 0.364. The summed E-state index contributed by atoms with van der Waals surface area (Å²) in [6, 6.07) is 5.67. The first kappa shape index (κ1) is 14.6. The molecular weight excluding hydrogens is 254 g/mol. The Hall–Kier alpha value is -1.44. The maximum absolute atomic E-state index is 11.8. The topological polar surface area (TPSA) is 101 Å². The van der Waals surface area contributed by atoms with Crippen LogP contribution in [0, 0.1) is 0 Å². The molecule has 0 aliphatic carbocycles. The van der Waals surface area contributed by atoms with E-state index in [2.05, 4.69) is 10.6 Å². The SMILES string of the molecule is CNC(C)(C)C(=O)Nc1ccc(S(N)(=O)=O)cc1. The van der Waals surface area contributed by atoms with Crippen LogP contribution in [0.3, 0.4) is 0 Å². The van der Waals surface area contributed by atoms with E-state index < -0.39 is 15.6 Å². The molecule has 0 bridgehead atoms. The summed E-state index contributed by atoms with van der Waals surface area (Å²) >= 11 is 0. The molecule has 0 radical (unpaired) electrons. The van der Waals surface area contributed by atoms with Gasteiger partial charge in [-0.2, -0.15) is 0 Å². The van der Waals surface area contributed by atoms with E-state index in [9.17, 15) is 13.2 Å². The average molecular weight is 271 g/mol. The van der Waals surface area contributed by atoms with Gasteiger partial charge in [-0.15, -0.1) is 0 Å². The number of amides is 1. The van der Waals surface area contributed by atoms with E-state index in [0.29, 0.717) is 5.69 Å². The van der Waals surface area contributed by atoms with Gasteiger partial charge in [-0.05, 0) is 45.2 Å². The largest absolute Gasteiger partial charge is 0.325 e. The molecule has 100 valence electrons. The highest BCUT2D eigenvalue weighted by molar-refractivity contribution is 7.89. The molecule has 1 aromatic carbocycles. The van der Waals surface area contributed by atoms with Gasteiger partial charge in [-0.1, -0.05) is 0 Å². The van der Waals surface area contributed by atoms with Gasteiger partial charge in [0.05, 0.1) is 10.4 Å². The molecule has 0 spiro atoms. The maximum atomic E-state index is 11.8. The first-order valence-corrected chi connectivity index (χ1v) is 6.84. The van der Waals surface area contributed by atoms with Gasteiger partial charge in [0.25, 0.3) is 0 Å². The van der Waals surface area contributed by atoms with E-state index in [0.717, 1.165) is 0 Å². The van der Waals surface area contributed by atoms with Crippen LogP contribution in [-0.2, 0) is 14.8 Å². The van der Waals surface area contributed by atoms with Gasteiger partial charge in [0.2, 0.25) is 15.9 Å². The molecule has 0 saturated carbocycles. The highest BCUT2D eigenvalue weighted by Crippen LogP contribution is 2.14. The van der Waals surface area contributed by atoms with Gasteiger partial charge >= 0.3 is 0 Å². The molecule has 7 heteroatoms. The number of sulfonamides is 1. The number of carbonyl (C=O) groups is 1. The molecule has 0 unspecified atom stereocenters. The predicted molar refractivity (Wildman–Crippen MR) is 69.6 cm³/mol. The summed E-state index contributed by atoms with van der Waals surface area (Å²) in [6.07, 6.45) is 0. The van der Waals surface area contributed by atoms with E-state index in [-0.39, 0.29) is 10.8 Å². The third-order valence-electron chi connectivity index (χ3n) is 2.63. The Morgan fingerprint density at radius 2 is 1.72 bits per heavy atom. The Kier molecular flexibility index (Phi) is 4.10. The number of rotatable bonds is 4. The quantitative estimate of drug-likeness (QED) is 0.731. The highest BCUT2D eigenvalue weighted by Gasteiger charge is 2.25. The number of hydrogen-bond donors (Lipinski definition) is 3. The molecule has 0 fully saturated rings. The van der Waals surface area contributed by atoms with Crippen molar-refractivity contribution in [3.05, 3.63) is 24.3 Å².